The van der Waals surface area contributed by atoms with E-state index >= 15 is 0 Å². The first-order valence-electron chi connectivity index (χ1n) is 17.2. The summed E-state index contributed by atoms with van der Waals surface area (Å²) in [6.07, 6.45) is 36.2. The van der Waals surface area contributed by atoms with Gasteiger partial charge < -0.3 is 9.79 Å². The van der Waals surface area contributed by atoms with E-state index in [-0.39, 0.29) is 6.16 Å². The van der Waals surface area contributed by atoms with Crippen molar-refractivity contribution in [3.63, 3.8) is 0 Å². The molecular formula is C32H69O6P2+. The Bertz CT molecular complexity index is 541. The smallest absolute Gasteiger partial charge is 0.324 e. The van der Waals surface area contributed by atoms with Crippen molar-refractivity contribution in [1.29, 1.82) is 0 Å². The van der Waals surface area contributed by atoms with Crippen LogP contribution in [0.4, 0.5) is 0 Å². The van der Waals surface area contributed by atoms with Crippen LogP contribution in [-0.4, -0.2) is 27.4 Å². The van der Waals surface area contributed by atoms with Gasteiger partial charge in [0.25, 0.3) is 0 Å². The lowest BCUT2D eigenvalue weighted by Gasteiger charge is -2.04. The molecule has 0 aliphatic rings. The highest BCUT2D eigenvalue weighted by Gasteiger charge is 2.11. The van der Waals surface area contributed by atoms with Crippen molar-refractivity contribution in [3.05, 3.63) is 0 Å². The minimum Gasteiger partial charge on any atom is -0.324 e. The molecule has 0 radical (unpaired) electrons. The molecule has 0 amide bonds. The van der Waals surface area contributed by atoms with E-state index in [1.807, 2.05) is 0 Å². The molecule has 0 aliphatic heterocycles. The Labute approximate surface area is 250 Å². The molecule has 0 bridgehead atoms. The second-order valence-electron chi connectivity index (χ2n) is 11.7. The fourth-order valence-corrected chi connectivity index (χ4v) is 5.87. The first-order chi connectivity index (χ1) is 19.3. The summed E-state index contributed by atoms with van der Waals surface area (Å²) in [6, 6.07) is 0. The zero-order chi connectivity index (χ0) is 30.0. The lowest BCUT2D eigenvalue weighted by atomic mass is 10.0. The van der Waals surface area contributed by atoms with Gasteiger partial charge in [0, 0.05) is 10.7 Å². The van der Waals surface area contributed by atoms with E-state index in [2.05, 4.69) is 18.4 Å². The van der Waals surface area contributed by atoms with Gasteiger partial charge in [-0.15, -0.1) is 9.42 Å². The summed E-state index contributed by atoms with van der Waals surface area (Å²) >= 11 is 0. The van der Waals surface area contributed by atoms with Crippen molar-refractivity contribution in [3.8, 4) is 0 Å². The molecule has 0 spiro atoms. The molecule has 1 unspecified atom stereocenters. The number of rotatable bonds is 31. The van der Waals surface area contributed by atoms with Crippen LogP contribution in [0.25, 0.3) is 0 Å². The van der Waals surface area contributed by atoms with Crippen molar-refractivity contribution in [1.82, 2.24) is 0 Å². The van der Waals surface area contributed by atoms with Gasteiger partial charge in [-0.25, -0.2) is 0 Å². The average Bonchev–Trinajstić information content (AvgIpc) is 2.90. The Hall–Kier alpha value is 0.170. The van der Waals surface area contributed by atoms with E-state index in [1.165, 1.54) is 148 Å². The number of hydrogen-bond acceptors (Lipinski definition) is 3. The van der Waals surface area contributed by atoms with Gasteiger partial charge in [0.2, 0.25) is 0 Å². The molecule has 0 aliphatic carbocycles. The number of unbranched alkanes of at least 4 members (excludes halogenated alkanes) is 26. The summed E-state index contributed by atoms with van der Waals surface area (Å²) in [7, 11) is -6.14. The van der Waals surface area contributed by atoms with Crippen LogP contribution in [0, 0.1) is 0 Å². The Balaban J connectivity index is 0. The Morgan fingerprint density at radius 3 is 0.975 bits per heavy atom. The molecule has 3 N–H and O–H groups in total. The maximum atomic E-state index is 10.6. The third-order valence-electron chi connectivity index (χ3n) is 7.50. The van der Waals surface area contributed by atoms with Crippen LogP contribution in [0.3, 0.4) is 0 Å². The SMILES string of the molecule is CCCCCCCCCCCCCCCCO[P+](=O)O.CCCCCCCCCCCCCCCCP(=O)(O)O. The Kier molecular flexibility index (Phi) is 37.4. The van der Waals surface area contributed by atoms with Crippen LogP contribution < -0.4 is 0 Å². The molecule has 40 heavy (non-hydrogen) atoms. The summed E-state index contributed by atoms with van der Waals surface area (Å²) < 4.78 is 25.5. The van der Waals surface area contributed by atoms with E-state index < -0.39 is 15.9 Å². The van der Waals surface area contributed by atoms with E-state index in [4.69, 9.17) is 14.7 Å². The van der Waals surface area contributed by atoms with Crippen LogP contribution in [0.15, 0.2) is 0 Å². The molecule has 0 aromatic heterocycles. The molecule has 0 aromatic carbocycles. The Morgan fingerprint density at radius 1 is 0.475 bits per heavy atom. The lowest BCUT2D eigenvalue weighted by Crippen LogP contribution is -1.88. The van der Waals surface area contributed by atoms with Gasteiger partial charge in [0.05, 0.1) is 0 Å². The summed E-state index contributed by atoms with van der Waals surface area (Å²) in [4.78, 5) is 25.9. The summed E-state index contributed by atoms with van der Waals surface area (Å²) in [6.45, 7) is 4.94. The van der Waals surface area contributed by atoms with Crippen LogP contribution in [0.2, 0.25) is 0 Å². The van der Waals surface area contributed by atoms with Gasteiger partial charge in [-0.1, -0.05) is 181 Å². The highest BCUT2D eigenvalue weighted by Crippen LogP contribution is 2.35. The zero-order valence-electron chi connectivity index (χ0n) is 26.7. The van der Waals surface area contributed by atoms with Crippen LogP contribution in [0.1, 0.15) is 194 Å². The van der Waals surface area contributed by atoms with Gasteiger partial charge in [-0.2, -0.15) is 0 Å². The van der Waals surface area contributed by atoms with Gasteiger partial charge in [0.1, 0.15) is 6.61 Å². The third kappa shape index (κ3) is 45.2. The fourth-order valence-electron chi connectivity index (χ4n) is 4.95. The van der Waals surface area contributed by atoms with Gasteiger partial charge >= 0.3 is 15.9 Å². The minimum absolute atomic E-state index is 0.0605. The molecule has 1 atom stereocenters. The highest BCUT2D eigenvalue weighted by molar-refractivity contribution is 7.51. The third-order valence-corrected chi connectivity index (χ3v) is 8.80. The quantitative estimate of drug-likeness (QED) is 0.0532. The molecular weight excluding hydrogens is 542 g/mol. The van der Waals surface area contributed by atoms with E-state index in [1.54, 1.807) is 0 Å². The molecule has 0 heterocycles. The van der Waals surface area contributed by atoms with Crippen molar-refractivity contribution in [2.24, 2.45) is 0 Å². The van der Waals surface area contributed by atoms with Crippen molar-refractivity contribution in [2.75, 3.05) is 12.8 Å². The van der Waals surface area contributed by atoms with E-state index in [0.29, 0.717) is 13.0 Å². The summed E-state index contributed by atoms with van der Waals surface area (Å²) in [5, 5.41) is 0. The largest absolute Gasteiger partial charge is 0.694 e. The molecule has 0 rings (SSSR count). The maximum Gasteiger partial charge on any atom is 0.694 e. The van der Waals surface area contributed by atoms with Crippen molar-refractivity contribution in [2.45, 2.75) is 194 Å². The van der Waals surface area contributed by atoms with Gasteiger partial charge in [-0.3, -0.25) is 4.57 Å². The average molecular weight is 612 g/mol. The zero-order valence-corrected chi connectivity index (χ0v) is 28.5. The fraction of sp³-hybridized carbons (Fsp3) is 1.00. The topological polar surface area (TPSA) is 104 Å². The molecule has 0 fully saturated rings. The predicted octanol–water partition coefficient (Wildman–Crippen LogP) is 11.8. The second-order valence-corrected chi connectivity index (χ2v) is 14.2. The standard InChI is InChI=1S/C16H35O3P.C16H33O3P/c1-2-3-4-5-6-7-8-9-10-11-12-13-14-15-16-20(17,18)19;1-2-3-4-5-6-7-8-9-10-11-12-13-14-15-16-19-20(17)18/h2-16H2,1H3,(H2,17,18,19);2-16H2,1H3/p+1. The van der Waals surface area contributed by atoms with Crippen molar-refractivity contribution >= 4 is 15.9 Å². The summed E-state index contributed by atoms with van der Waals surface area (Å²) in [5.74, 6) is 0. The maximum absolute atomic E-state index is 10.6. The lowest BCUT2D eigenvalue weighted by molar-refractivity contribution is 0.273. The first kappa shape index (κ1) is 42.3. The molecule has 0 aromatic rings. The highest BCUT2D eigenvalue weighted by atomic mass is 31.2. The molecule has 0 saturated heterocycles. The second kappa shape index (κ2) is 35.4. The molecule has 0 saturated carbocycles. The molecule has 6 nitrogen and oxygen atoms in total. The molecule has 242 valence electrons. The van der Waals surface area contributed by atoms with Gasteiger partial charge in [0.15, 0.2) is 0 Å². The number of hydrogen-bond donors (Lipinski definition) is 3. The van der Waals surface area contributed by atoms with E-state index in [9.17, 15) is 9.13 Å². The summed E-state index contributed by atoms with van der Waals surface area (Å²) in [5.41, 5.74) is 0. The van der Waals surface area contributed by atoms with Crippen molar-refractivity contribution < 1.29 is 28.3 Å². The Morgan fingerprint density at radius 2 is 0.725 bits per heavy atom. The van der Waals surface area contributed by atoms with Crippen LogP contribution >= 0.6 is 15.9 Å². The monoisotopic (exact) mass is 611 g/mol. The first-order valence-corrected chi connectivity index (χ1v) is 20.1. The predicted molar refractivity (Wildman–Crippen MR) is 173 cm³/mol. The minimum atomic E-state index is -3.75. The van der Waals surface area contributed by atoms with E-state index in [0.717, 1.165) is 25.7 Å². The van der Waals surface area contributed by atoms with Crippen LogP contribution in [-0.2, 0) is 13.7 Å². The normalized spacial score (nSPS) is 11.9. The molecule has 8 heteroatoms. The van der Waals surface area contributed by atoms with Crippen LogP contribution in [0.5, 0.6) is 0 Å². The van der Waals surface area contributed by atoms with Gasteiger partial charge in [-0.05, 0) is 12.8 Å².